The summed E-state index contributed by atoms with van der Waals surface area (Å²) in [7, 11) is 0. The highest BCUT2D eigenvalue weighted by Crippen LogP contribution is 2.24. The van der Waals surface area contributed by atoms with Crippen molar-refractivity contribution in [1.29, 1.82) is 0 Å². The number of anilines is 1. The summed E-state index contributed by atoms with van der Waals surface area (Å²) in [4.78, 5) is 4.32. The topological polar surface area (TPSA) is 57.2 Å². The lowest BCUT2D eigenvalue weighted by atomic mass is 10.1. The molecule has 0 radical (unpaired) electrons. The molecule has 1 heterocycles. The van der Waals surface area contributed by atoms with Crippen molar-refractivity contribution in [3.05, 3.63) is 30.5 Å². The molecule has 0 saturated heterocycles. The molecule has 0 fully saturated rings. The second-order valence-electron chi connectivity index (χ2n) is 4.20. The van der Waals surface area contributed by atoms with Crippen molar-refractivity contribution in [2.45, 2.75) is 13.3 Å². The van der Waals surface area contributed by atoms with Crippen LogP contribution in [0.25, 0.3) is 10.8 Å². The Morgan fingerprint density at radius 1 is 1.22 bits per heavy atom. The highest BCUT2D eigenvalue weighted by atomic mass is 16.3. The number of phenolic OH excluding ortho intramolecular Hbond substituents is 1. The van der Waals surface area contributed by atoms with Gasteiger partial charge in [0.2, 0.25) is 0 Å². The summed E-state index contributed by atoms with van der Waals surface area (Å²) in [5.74, 6) is 1.10. The van der Waals surface area contributed by atoms with Crippen molar-refractivity contribution in [2.24, 2.45) is 0 Å². The molecule has 18 heavy (non-hydrogen) atoms. The van der Waals surface area contributed by atoms with Crippen LogP contribution in [0.3, 0.4) is 0 Å². The maximum Gasteiger partial charge on any atom is 0.133 e. The number of benzene rings is 1. The van der Waals surface area contributed by atoms with E-state index in [1.807, 2.05) is 12.1 Å². The van der Waals surface area contributed by atoms with Gasteiger partial charge in [0.15, 0.2) is 0 Å². The van der Waals surface area contributed by atoms with Gasteiger partial charge < -0.3 is 15.7 Å². The Morgan fingerprint density at radius 2 is 2.11 bits per heavy atom. The number of rotatable bonds is 6. The second kappa shape index (κ2) is 6.21. The van der Waals surface area contributed by atoms with Gasteiger partial charge in [-0.1, -0.05) is 13.0 Å². The highest BCUT2D eigenvalue weighted by molar-refractivity contribution is 5.92. The van der Waals surface area contributed by atoms with Gasteiger partial charge in [-0.15, -0.1) is 0 Å². The zero-order valence-corrected chi connectivity index (χ0v) is 10.6. The summed E-state index contributed by atoms with van der Waals surface area (Å²) >= 11 is 0. The summed E-state index contributed by atoms with van der Waals surface area (Å²) < 4.78 is 0. The van der Waals surface area contributed by atoms with E-state index in [2.05, 4.69) is 22.5 Å². The predicted molar refractivity (Wildman–Crippen MR) is 75.1 cm³/mol. The fourth-order valence-corrected chi connectivity index (χ4v) is 1.89. The Morgan fingerprint density at radius 3 is 2.94 bits per heavy atom. The zero-order valence-electron chi connectivity index (χ0n) is 10.6. The molecule has 0 aliphatic carbocycles. The van der Waals surface area contributed by atoms with Gasteiger partial charge in [-0.25, -0.2) is 4.98 Å². The SMILES string of the molecule is CCNCCCNc1nccc2ccc(O)cc12. The zero-order chi connectivity index (χ0) is 12.8. The van der Waals surface area contributed by atoms with Gasteiger partial charge >= 0.3 is 0 Å². The van der Waals surface area contributed by atoms with Gasteiger partial charge in [-0.2, -0.15) is 0 Å². The number of hydrogen-bond donors (Lipinski definition) is 3. The molecule has 0 atom stereocenters. The van der Waals surface area contributed by atoms with Crippen LogP contribution in [-0.4, -0.2) is 29.7 Å². The van der Waals surface area contributed by atoms with E-state index in [-0.39, 0.29) is 5.75 Å². The molecule has 4 heteroatoms. The average Bonchev–Trinajstić information content (AvgIpc) is 2.39. The Kier molecular flexibility index (Phi) is 4.36. The number of aromatic nitrogens is 1. The summed E-state index contributed by atoms with van der Waals surface area (Å²) in [5, 5.41) is 18.2. The van der Waals surface area contributed by atoms with Crippen LogP contribution in [0.15, 0.2) is 30.5 Å². The molecule has 2 rings (SSSR count). The molecular formula is C14H19N3O. The van der Waals surface area contributed by atoms with Crippen LogP contribution in [0, 0.1) is 0 Å². The Bertz CT molecular complexity index is 513. The van der Waals surface area contributed by atoms with E-state index < -0.39 is 0 Å². The first-order chi connectivity index (χ1) is 8.81. The molecular weight excluding hydrogens is 226 g/mol. The molecule has 1 aromatic heterocycles. The van der Waals surface area contributed by atoms with Crippen LogP contribution >= 0.6 is 0 Å². The van der Waals surface area contributed by atoms with Crippen LogP contribution in [-0.2, 0) is 0 Å². The lowest BCUT2D eigenvalue weighted by molar-refractivity contribution is 0.476. The molecule has 3 N–H and O–H groups in total. The molecule has 0 aliphatic heterocycles. The van der Waals surface area contributed by atoms with Crippen LogP contribution in [0.1, 0.15) is 13.3 Å². The van der Waals surface area contributed by atoms with Gasteiger partial charge in [0.05, 0.1) is 0 Å². The number of hydrogen-bond acceptors (Lipinski definition) is 4. The summed E-state index contributed by atoms with van der Waals surface area (Å²) in [6.45, 7) is 4.97. The van der Waals surface area contributed by atoms with Gasteiger partial charge in [-0.05, 0) is 43.1 Å². The first-order valence-electron chi connectivity index (χ1n) is 6.33. The molecule has 2 aromatic rings. The molecule has 0 bridgehead atoms. The monoisotopic (exact) mass is 245 g/mol. The smallest absolute Gasteiger partial charge is 0.133 e. The minimum atomic E-state index is 0.270. The van der Waals surface area contributed by atoms with Gasteiger partial charge in [0.1, 0.15) is 11.6 Å². The Hall–Kier alpha value is -1.81. The number of phenols is 1. The van der Waals surface area contributed by atoms with Crippen LogP contribution in [0.2, 0.25) is 0 Å². The van der Waals surface area contributed by atoms with Crippen molar-refractivity contribution in [3.63, 3.8) is 0 Å². The van der Waals surface area contributed by atoms with Crippen molar-refractivity contribution in [2.75, 3.05) is 25.0 Å². The molecule has 0 aliphatic rings. The summed E-state index contributed by atoms with van der Waals surface area (Å²) in [6, 6.07) is 7.28. The quantitative estimate of drug-likeness (QED) is 0.684. The molecule has 1 aromatic carbocycles. The van der Waals surface area contributed by atoms with Crippen LogP contribution in [0.5, 0.6) is 5.75 Å². The first-order valence-corrected chi connectivity index (χ1v) is 6.33. The molecule has 0 spiro atoms. The van der Waals surface area contributed by atoms with E-state index in [0.717, 1.165) is 42.6 Å². The Labute approximate surface area is 107 Å². The lowest BCUT2D eigenvalue weighted by Gasteiger charge is -2.09. The molecule has 96 valence electrons. The van der Waals surface area contributed by atoms with E-state index >= 15 is 0 Å². The third-order valence-electron chi connectivity index (χ3n) is 2.82. The Balaban J connectivity index is 2.05. The third-order valence-corrected chi connectivity index (χ3v) is 2.82. The summed E-state index contributed by atoms with van der Waals surface area (Å²) in [5.41, 5.74) is 0. The second-order valence-corrected chi connectivity index (χ2v) is 4.20. The fourth-order valence-electron chi connectivity index (χ4n) is 1.89. The maximum atomic E-state index is 9.53. The minimum absolute atomic E-state index is 0.270. The average molecular weight is 245 g/mol. The number of pyridine rings is 1. The first kappa shape index (κ1) is 12.6. The number of fused-ring (bicyclic) bond motifs is 1. The minimum Gasteiger partial charge on any atom is -0.508 e. The van der Waals surface area contributed by atoms with Crippen molar-refractivity contribution in [1.82, 2.24) is 10.3 Å². The largest absolute Gasteiger partial charge is 0.508 e. The van der Waals surface area contributed by atoms with Crippen molar-refractivity contribution >= 4 is 16.6 Å². The number of aromatic hydroxyl groups is 1. The standard InChI is InChI=1S/C14H19N3O/c1-2-15-7-3-8-16-14-13-10-12(18)5-4-11(13)6-9-17-14/h4-6,9-10,15,18H,2-3,7-8H2,1H3,(H,16,17). The van der Waals surface area contributed by atoms with E-state index in [1.165, 1.54) is 0 Å². The van der Waals surface area contributed by atoms with Gasteiger partial charge in [0.25, 0.3) is 0 Å². The van der Waals surface area contributed by atoms with Crippen LogP contribution < -0.4 is 10.6 Å². The molecule has 0 amide bonds. The highest BCUT2D eigenvalue weighted by Gasteiger charge is 2.02. The number of nitrogens with one attached hydrogen (secondary N) is 2. The maximum absolute atomic E-state index is 9.53. The van der Waals surface area contributed by atoms with Crippen molar-refractivity contribution < 1.29 is 5.11 Å². The third kappa shape index (κ3) is 3.11. The van der Waals surface area contributed by atoms with Crippen LogP contribution in [0.4, 0.5) is 5.82 Å². The van der Waals surface area contributed by atoms with Crippen molar-refractivity contribution in [3.8, 4) is 5.75 Å². The van der Waals surface area contributed by atoms with E-state index in [4.69, 9.17) is 0 Å². The van der Waals surface area contributed by atoms with E-state index in [0.29, 0.717) is 0 Å². The van der Waals surface area contributed by atoms with Gasteiger partial charge in [0, 0.05) is 18.1 Å². The van der Waals surface area contributed by atoms with Gasteiger partial charge in [-0.3, -0.25) is 0 Å². The normalized spacial score (nSPS) is 10.7. The lowest BCUT2D eigenvalue weighted by Crippen LogP contribution is -2.17. The van der Waals surface area contributed by atoms with E-state index in [9.17, 15) is 5.11 Å². The molecule has 0 saturated carbocycles. The molecule has 4 nitrogen and oxygen atoms in total. The van der Waals surface area contributed by atoms with E-state index in [1.54, 1.807) is 18.3 Å². The summed E-state index contributed by atoms with van der Waals surface area (Å²) in [6.07, 6.45) is 2.83. The molecule has 0 unspecified atom stereocenters. The fraction of sp³-hybridized carbons (Fsp3) is 0.357. The number of nitrogens with zero attached hydrogens (tertiary/aromatic N) is 1. The predicted octanol–water partition coefficient (Wildman–Crippen LogP) is 2.35.